The Morgan fingerprint density at radius 3 is 1.70 bits per heavy atom. The van der Waals surface area contributed by atoms with Gasteiger partial charge in [0.15, 0.2) is 0 Å². The molecule has 0 aliphatic heterocycles. The summed E-state index contributed by atoms with van der Waals surface area (Å²) >= 11 is 0. The van der Waals surface area contributed by atoms with E-state index in [-0.39, 0.29) is 22.3 Å². The average molecular weight is 416 g/mol. The summed E-state index contributed by atoms with van der Waals surface area (Å²) in [6.07, 6.45) is 3.00. The summed E-state index contributed by atoms with van der Waals surface area (Å²) < 4.78 is 0. The lowest BCUT2D eigenvalue weighted by Gasteiger charge is -2.07. The molecule has 0 heterocycles. The largest absolute Gasteiger partial charge is 0.478 e. The Kier molecular flexibility index (Phi) is 9.22. The molecule has 2 aromatic rings. The van der Waals surface area contributed by atoms with Gasteiger partial charge in [-0.3, -0.25) is 0 Å². The van der Waals surface area contributed by atoms with Gasteiger partial charge in [0.1, 0.15) is 0 Å². The number of carbonyl (C=O) groups is 4. The SMILES string of the molecule is CCCc1ccc(C(=O)O)c(C(=O)O)c1.CCCc1cccc(C(=O)O)c1C(=O)O. The fraction of sp³-hybridized carbons (Fsp3) is 0.273. The summed E-state index contributed by atoms with van der Waals surface area (Å²) in [5, 5.41) is 35.4. The van der Waals surface area contributed by atoms with Crippen molar-refractivity contribution in [1.29, 1.82) is 0 Å². The number of hydrogen-bond donors (Lipinski definition) is 4. The van der Waals surface area contributed by atoms with Gasteiger partial charge >= 0.3 is 23.9 Å². The molecule has 2 aromatic carbocycles. The molecular formula is C22H24O8. The Labute approximate surface area is 173 Å². The fourth-order valence-electron chi connectivity index (χ4n) is 2.91. The van der Waals surface area contributed by atoms with E-state index in [1.54, 1.807) is 18.2 Å². The van der Waals surface area contributed by atoms with E-state index in [0.29, 0.717) is 12.0 Å². The Balaban J connectivity index is 0.000000300. The van der Waals surface area contributed by atoms with Crippen molar-refractivity contribution in [2.24, 2.45) is 0 Å². The molecule has 0 unspecified atom stereocenters. The van der Waals surface area contributed by atoms with E-state index < -0.39 is 23.9 Å². The quantitative estimate of drug-likeness (QED) is 0.503. The van der Waals surface area contributed by atoms with Crippen molar-refractivity contribution < 1.29 is 39.6 Å². The van der Waals surface area contributed by atoms with E-state index in [1.807, 2.05) is 13.8 Å². The first kappa shape index (κ1) is 24.4. The maximum absolute atomic E-state index is 11.0. The summed E-state index contributed by atoms with van der Waals surface area (Å²) in [6, 6.07) is 8.96. The van der Waals surface area contributed by atoms with E-state index in [4.69, 9.17) is 20.4 Å². The van der Waals surface area contributed by atoms with Gasteiger partial charge in [-0.2, -0.15) is 0 Å². The summed E-state index contributed by atoms with van der Waals surface area (Å²) in [5.74, 6) is -4.80. The number of carboxylic acids is 4. The van der Waals surface area contributed by atoms with Crippen LogP contribution in [0.2, 0.25) is 0 Å². The number of carboxylic acid groups (broad SMARTS) is 4. The van der Waals surface area contributed by atoms with Crippen LogP contribution in [-0.4, -0.2) is 44.3 Å². The fourth-order valence-corrected chi connectivity index (χ4v) is 2.91. The number of aromatic carboxylic acids is 4. The molecule has 0 fully saturated rings. The van der Waals surface area contributed by atoms with Crippen LogP contribution in [0.3, 0.4) is 0 Å². The topological polar surface area (TPSA) is 149 Å². The smallest absolute Gasteiger partial charge is 0.336 e. The lowest BCUT2D eigenvalue weighted by Crippen LogP contribution is -2.11. The van der Waals surface area contributed by atoms with Crippen LogP contribution in [0.25, 0.3) is 0 Å². The van der Waals surface area contributed by atoms with Gasteiger partial charge in [0.2, 0.25) is 0 Å². The second-order valence-electron chi connectivity index (χ2n) is 6.44. The second kappa shape index (κ2) is 11.4. The maximum Gasteiger partial charge on any atom is 0.336 e. The predicted molar refractivity (Wildman–Crippen MR) is 109 cm³/mol. The van der Waals surface area contributed by atoms with Crippen molar-refractivity contribution in [2.75, 3.05) is 0 Å². The molecule has 0 saturated heterocycles. The normalized spacial score (nSPS) is 9.93. The molecule has 0 bridgehead atoms. The van der Waals surface area contributed by atoms with Crippen LogP contribution in [0.4, 0.5) is 0 Å². The molecule has 0 atom stereocenters. The van der Waals surface area contributed by atoms with Gasteiger partial charge in [0.25, 0.3) is 0 Å². The standard InChI is InChI=1S/2C11H12O4/c1-2-4-7-5-3-6-8(10(12)13)9(7)11(14)15;1-2-3-7-4-5-8(10(12)13)9(6-7)11(14)15/h3,5-6H,2,4H2,1H3,(H,12,13)(H,14,15);4-6H,2-3H2,1H3,(H,12,13)(H,14,15). The molecule has 0 aromatic heterocycles. The first-order valence-electron chi connectivity index (χ1n) is 9.31. The van der Waals surface area contributed by atoms with Crippen molar-refractivity contribution in [3.8, 4) is 0 Å². The number of aryl methyl sites for hydroxylation is 2. The van der Waals surface area contributed by atoms with Crippen molar-refractivity contribution in [3.05, 3.63) is 69.8 Å². The zero-order chi connectivity index (χ0) is 22.8. The summed E-state index contributed by atoms with van der Waals surface area (Å²) in [6.45, 7) is 3.89. The van der Waals surface area contributed by atoms with Crippen LogP contribution >= 0.6 is 0 Å². The molecule has 0 spiro atoms. The van der Waals surface area contributed by atoms with Crippen LogP contribution in [0.1, 0.15) is 79.2 Å². The average Bonchev–Trinajstić information content (AvgIpc) is 2.68. The molecule has 2 rings (SSSR count). The first-order valence-corrected chi connectivity index (χ1v) is 9.31. The van der Waals surface area contributed by atoms with Crippen molar-refractivity contribution in [1.82, 2.24) is 0 Å². The van der Waals surface area contributed by atoms with Crippen LogP contribution in [0.5, 0.6) is 0 Å². The summed E-state index contributed by atoms with van der Waals surface area (Å²) in [7, 11) is 0. The molecule has 4 N–H and O–H groups in total. The lowest BCUT2D eigenvalue weighted by atomic mass is 9.98. The Morgan fingerprint density at radius 1 is 0.667 bits per heavy atom. The van der Waals surface area contributed by atoms with E-state index in [9.17, 15) is 19.2 Å². The number of hydrogen-bond acceptors (Lipinski definition) is 4. The molecule has 0 radical (unpaired) electrons. The molecule has 0 saturated carbocycles. The maximum atomic E-state index is 11.0. The monoisotopic (exact) mass is 416 g/mol. The molecule has 8 nitrogen and oxygen atoms in total. The van der Waals surface area contributed by atoms with Gasteiger partial charge in [-0.1, -0.05) is 44.9 Å². The third kappa shape index (κ3) is 6.44. The zero-order valence-electron chi connectivity index (χ0n) is 16.7. The predicted octanol–water partition coefficient (Wildman–Crippen LogP) is 4.07. The van der Waals surface area contributed by atoms with Crippen molar-refractivity contribution >= 4 is 23.9 Å². The summed E-state index contributed by atoms with van der Waals surface area (Å²) in [5.41, 5.74) is 0.876. The van der Waals surface area contributed by atoms with Crippen LogP contribution in [0, 0.1) is 0 Å². The highest BCUT2D eigenvalue weighted by Crippen LogP contribution is 2.17. The lowest BCUT2D eigenvalue weighted by molar-refractivity contribution is 0.0650. The molecular weight excluding hydrogens is 392 g/mol. The minimum absolute atomic E-state index is 0.0909. The number of benzene rings is 2. The van der Waals surface area contributed by atoms with E-state index >= 15 is 0 Å². The molecule has 160 valence electrons. The van der Waals surface area contributed by atoms with Gasteiger partial charge in [0, 0.05) is 0 Å². The Bertz CT molecular complexity index is 934. The minimum Gasteiger partial charge on any atom is -0.478 e. The van der Waals surface area contributed by atoms with Crippen molar-refractivity contribution in [2.45, 2.75) is 39.5 Å². The molecule has 30 heavy (non-hydrogen) atoms. The van der Waals surface area contributed by atoms with Gasteiger partial charge in [-0.05, 0) is 42.2 Å². The van der Waals surface area contributed by atoms with Crippen LogP contribution in [-0.2, 0) is 12.8 Å². The van der Waals surface area contributed by atoms with Gasteiger partial charge in [-0.15, -0.1) is 0 Å². The molecule has 0 amide bonds. The van der Waals surface area contributed by atoms with E-state index in [1.165, 1.54) is 18.2 Å². The first-order chi connectivity index (χ1) is 14.1. The van der Waals surface area contributed by atoms with Gasteiger partial charge < -0.3 is 20.4 Å². The number of rotatable bonds is 8. The highest BCUT2D eigenvalue weighted by Gasteiger charge is 2.19. The molecule has 0 aliphatic rings. The van der Waals surface area contributed by atoms with Gasteiger partial charge in [-0.25, -0.2) is 19.2 Å². The molecule has 0 aliphatic carbocycles. The van der Waals surface area contributed by atoms with Gasteiger partial charge in [0.05, 0.1) is 22.3 Å². The Morgan fingerprint density at radius 2 is 1.23 bits per heavy atom. The van der Waals surface area contributed by atoms with Crippen LogP contribution < -0.4 is 0 Å². The third-order valence-corrected chi connectivity index (χ3v) is 4.20. The highest BCUT2D eigenvalue weighted by atomic mass is 16.4. The minimum atomic E-state index is -1.21. The highest BCUT2D eigenvalue weighted by molar-refractivity contribution is 6.03. The van der Waals surface area contributed by atoms with Crippen molar-refractivity contribution in [3.63, 3.8) is 0 Å². The third-order valence-electron chi connectivity index (χ3n) is 4.20. The zero-order valence-corrected chi connectivity index (χ0v) is 16.7. The van der Waals surface area contributed by atoms with E-state index in [0.717, 1.165) is 24.8 Å². The van der Waals surface area contributed by atoms with E-state index in [2.05, 4.69) is 0 Å². The Hall–Kier alpha value is -3.68. The van der Waals surface area contributed by atoms with Crippen LogP contribution in [0.15, 0.2) is 36.4 Å². The summed E-state index contributed by atoms with van der Waals surface area (Å²) in [4.78, 5) is 43.3. The molecule has 8 heteroatoms. The second-order valence-corrected chi connectivity index (χ2v) is 6.44.